The molecular formula is C10H8Cl2N4O2S. The lowest BCUT2D eigenvalue weighted by molar-refractivity contribution is 0.608. The normalized spacial score (nSPS) is 15.7. The van der Waals surface area contributed by atoms with Crippen molar-refractivity contribution in [1.29, 1.82) is 0 Å². The van der Waals surface area contributed by atoms with Crippen molar-refractivity contribution >= 4 is 31.3 Å². The van der Waals surface area contributed by atoms with Gasteiger partial charge in [-0.05, 0) is 12.8 Å². The highest BCUT2D eigenvalue weighted by Gasteiger charge is 2.36. The van der Waals surface area contributed by atoms with Gasteiger partial charge in [0.15, 0.2) is 11.0 Å². The summed E-state index contributed by atoms with van der Waals surface area (Å²) >= 11 is 6.09. The minimum absolute atomic E-state index is 0.0580. The van der Waals surface area contributed by atoms with Gasteiger partial charge in [0.05, 0.1) is 11.9 Å². The molecule has 0 bridgehead atoms. The third-order valence-electron chi connectivity index (χ3n) is 2.79. The first kappa shape index (κ1) is 12.8. The van der Waals surface area contributed by atoms with Crippen LogP contribution in [0.3, 0.4) is 0 Å². The van der Waals surface area contributed by atoms with Crippen molar-refractivity contribution in [3.63, 3.8) is 0 Å². The molecule has 0 saturated heterocycles. The summed E-state index contributed by atoms with van der Waals surface area (Å²) in [5.74, 6) is 0.444. The molecule has 9 heteroatoms. The molecule has 1 aliphatic carbocycles. The summed E-state index contributed by atoms with van der Waals surface area (Å²) in [6.45, 7) is 0. The molecule has 1 saturated carbocycles. The van der Waals surface area contributed by atoms with Crippen LogP contribution in [0, 0.1) is 0 Å². The van der Waals surface area contributed by atoms with Gasteiger partial charge >= 0.3 is 0 Å². The fourth-order valence-corrected chi connectivity index (χ4v) is 3.65. The Labute approximate surface area is 118 Å². The van der Waals surface area contributed by atoms with Gasteiger partial charge in [-0.3, -0.25) is 4.98 Å². The van der Waals surface area contributed by atoms with Crippen LogP contribution in [0.25, 0.3) is 5.82 Å². The number of halogens is 2. The molecule has 0 spiro atoms. The molecule has 0 radical (unpaired) electrons. The van der Waals surface area contributed by atoms with Gasteiger partial charge in [-0.15, -0.1) is 0 Å². The van der Waals surface area contributed by atoms with Gasteiger partial charge < -0.3 is 0 Å². The zero-order valence-corrected chi connectivity index (χ0v) is 11.8. The average Bonchev–Trinajstić information content (AvgIpc) is 3.13. The number of hydrogen-bond acceptors (Lipinski definition) is 5. The van der Waals surface area contributed by atoms with E-state index in [1.165, 1.54) is 23.3 Å². The molecule has 2 aromatic rings. The van der Waals surface area contributed by atoms with Gasteiger partial charge in [0.25, 0.3) is 9.05 Å². The van der Waals surface area contributed by atoms with Gasteiger partial charge in [-0.25, -0.2) is 18.1 Å². The number of nitrogens with zero attached hydrogens (tertiary/aromatic N) is 4. The van der Waals surface area contributed by atoms with Crippen molar-refractivity contribution in [2.24, 2.45) is 0 Å². The van der Waals surface area contributed by atoms with E-state index in [0.29, 0.717) is 11.5 Å². The molecule has 19 heavy (non-hydrogen) atoms. The second kappa shape index (κ2) is 4.43. The van der Waals surface area contributed by atoms with Crippen LogP contribution >= 0.6 is 22.3 Å². The largest absolute Gasteiger partial charge is 0.266 e. The number of aromatic nitrogens is 4. The lowest BCUT2D eigenvalue weighted by Gasteiger charge is -2.00. The lowest BCUT2D eigenvalue weighted by atomic mass is 10.3. The Balaban J connectivity index is 2.23. The fraction of sp³-hybridized carbons (Fsp3) is 0.300. The molecule has 0 aliphatic heterocycles. The summed E-state index contributed by atoms with van der Waals surface area (Å²) in [5.41, 5.74) is 0.408. The van der Waals surface area contributed by atoms with Crippen LogP contribution in [0.4, 0.5) is 0 Å². The van der Waals surface area contributed by atoms with E-state index in [4.69, 9.17) is 22.3 Å². The van der Waals surface area contributed by atoms with Crippen molar-refractivity contribution in [2.45, 2.75) is 23.7 Å². The Morgan fingerprint density at radius 3 is 2.58 bits per heavy atom. The van der Waals surface area contributed by atoms with Crippen LogP contribution < -0.4 is 0 Å². The van der Waals surface area contributed by atoms with Crippen LogP contribution in [0.2, 0.25) is 5.15 Å². The predicted octanol–water partition coefficient (Wildman–Crippen LogP) is 2.12. The first-order chi connectivity index (χ1) is 8.98. The quantitative estimate of drug-likeness (QED) is 0.810. The van der Waals surface area contributed by atoms with Crippen molar-refractivity contribution in [3.8, 4) is 5.82 Å². The summed E-state index contributed by atoms with van der Waals surface area (Å²) in [6, 6.07) is 0. The maximum Gasteiger partial charge on any atom is 0.266 e. The highest BCUT2D eigenvalue weighted by Crippen LogP contribution is 2.45. The molecule has 0 aromatic carbocycles. The minimum Gasteiger partial charge on any atom is -0.259 e. The Bertz CT molecular complexity index is 725. The van der Waals surface area contributed by atoms with E-state index in [9.17, 15) is 8.42 Å². The maximum absolute atomic E-state index is 11.6. The second-order valence-electron chi connectivity index (χ2n) is 4.19. The van der Waals surface area contributed by atoms with Gasteiger partial charge in [-0.2, -0.15) is 5.10 Å². The smallest absolute Gasteiger partial charge is 0.259 e. The third-order valence-corrected chi connectivity index (χ3v) is 4.60. The molecule has 100 valence electrons. The Hall–Kier alpha value is -1.18. The molecule has 0 N–H and O–H groups in total. The SMILES string of the molecule is O=S(=O)(Cl)c1c(C2CC2)nn(-c2cnccn2)c1Cl. The maximum atomic E-state index is 11.6. The standard InChI is InChI=1S/C10H8Cl2N4O2S/c11-10-9(19(12,17)18)8(6-1-2-6)15-16(10)7-5-13-3-4-14-7/h3-6H,1-2H2. The number of hydrogen-bond donors (Lipinski definition) is 0. The van der Waals surface area contributed by atoms with Crippen molar-refractivity contribution in [1.82, 2.24) is 19.7 Å². The zero-order chi connectivity index (χ0) is 13.6. The molecule has 1 aliphatic rings. The topological polar surface area (TPSA) is 77.7 Å². The van der Waals surface area contributed by atoms with Crippen LogP contribution in [0.15, 0.2) is 23.5 Å². The van der Waals surface area contributed by atoms with Gasteiger partial charge in [-0.1, -0.05) is 11.6 Å². The van der Waals surface area contributed by atoms with E-state index in [1.54, 1.807) is 0 Å². The molecule has 6 nitrogen and oxygen atoms in total. The van der Waals surface area contributed by atoms with Gasteiger partial charge in [0.1, 0.15) is 4.90 Å². The summed E-state index contributed by atoms with van der Waals surface area (Å²) in [4.78, 5) is 7.82. The second-order valence-corrected chi connectivity index (χ2v) is 7.05. The van der Waals surface area contributed by atoms with E-state index in [2.05, 4.69) is 15.1 Å². The van der Waals surface area contributed by atoms with Crippen LogP contribution in [-0.4, -0.2) is 28.2 Å². The predicted molar refractivity (Wildman–Crippen MR) is 69.2 cm³/mol. The highest BCUT2D eigenvalue weighted by molar-refractivity contribution is 8.13. The molecule has 0 amide bonds. The van der Waals surface area contributed by atoms with E-state index in [-0.39, 0.29) is 16.0 Å². The van der Waals surface area contributed by atoms with Gasteiger partial charge in [0, 0.05) is 29.0 Å². The minimum atomic E-state index is -3.95. The van der Waals surface area contributed by atoms with Crippen LogP contribution in [0.5, 0.6) is 0 Å². The van der Waals surface area contributed by atoms with E-state index >= 15 is 0 Å². The first-order valence-corrected chi connectivity index (χ1v) is 8.16. The monoisotopic (exact) mass is 318 g/mol. The summed E-state index contributed by atoms with van der Waals surface area (Å²) in [5, 5.41) is 4.17. The van der Waals surface area contributed by atoms with Crippen molar-refractivity contribution in [3.05, 3.63) is 29.4 Å². The van der Waals surface area contributed by atoms with Gasteiger partial charge in [0.2, 0.25) is 0 Å². The van der Waals surface area contributed by atoms with Crippen molar-refractivity contribution in [2.75, 3.05) is 0 Å². The summed E-state index contributed by atoms with van der Waals surface area (Å²) in [7, 11) is 1.49. The molecule has 0 unspecified atom stereocenters. The van der Waals surface area contributed by atoms with E-state index in [1.807, 2.05) is 0 Å². The molecule has 2 aromatic heterocycles. The molecule has 2 heterocycles. The highest BCUT2D eigenvalue weighted by atomic mass is 35.7. The molecular weight excluding hydrogens is 311 g/mol. The third kappa shape index (κ3) is 2.33. The Morgan fingerprint density at radius 2 is 2.05 bits per heavy atom. The summed E-state index contributed by atoms with van der Waals surface area (Å²) in [6.07, 6.45) is 6.18. The fourth-order valence-electron chi connectivity index (χ4n) is 1.80. The zero-order valence-electron chi connectivity index (χ0n) is 9.49. The lowest BCUT2D eigenvalue weighted by Crippen LogP contribution is -2.00. The van der Waals surface area contributed by atoms with E-state index < -0.39 is 9.05 Å². The molecule has 0 atom stereocenters. The first-order valence-electron chi connectivity index (χ1n) is 5.48. The molecule has 1 fully saturated rings. The van der Waals surface area contributed by atoms with Crippen molar-refractivity contribution < 1.29 is 8.42 Å². The Morgan fingerprint density at radius 1 is 1.32 bits per heavy atom. The van der Waals surface area contributed by atoms with Crippen LogP contribution in [-0.2, 0) is 9.05 Å². The number of rotatable bonds is 3. The average molecular weight is 319 g/mol. The summed E-state index contributed by atoms with van der Waals surface area (Å²) < 4.78 is 24.5. The Kier molecular flexibility index (Phi) is 2.99. The van der Waals surface area contributed by atoms with E-state index in [0.717, 1.165) is 12.8 Å². The molecule has 3 rings (SSSR count). The van der Waals surface area contributed by atoms with Crippen LogP contribution in [0.1, 0.15) is 24.5 Å².